The summed E-state index contributed by atoms with van der Waals surface area (Å²) in [5.41, 5.74) is 0. The molecule has 0 bridgehead atoms. The first kappa shape index (κ1) is 18.9. The van der Waals surface area contributed by atoms with Crippen molar-refractivity contribution in [2.45, 2.75) is 25.0 Å². The maximum atomic E-state index is 11.1. The summed E-state index contributed by atoms with van der Waals surface area (Å²) < 4.78 is 16.2. The van der Waals surface area contributed by atoms with Crippen molar-refractivity contribution in [2.24, 2.45) is 0 Å². The zero-order valence-corrected chi connectivity index (χ0v) is 13.2. The van der Waals surface area contributed by atoms with E-state index in [0.29, 0.717) is 13.2 Å². The van der Waals surface area contributed by atoms with Gasteiger partial charge in [0.2, 0.25) is 0 Å². The molecule has 2 heterocycles. The lowest BCUT2D eigenvalue weighted by Gasteiger charge is -2.37. The second-order valence-electron chi connectivity index (χ2n) is 5.14. The molecule has 2 aliphatic rings. The van der Waals surface area contributed by atoms with Crippen molar-refractivity contribution in [3.8, 4) is 0 Å². The number of aliphatic carboxylic acids is 1. The predicted molar refractivity (Wildman–Crippen MR) is 79.9 cm³/mol. The summed E-state index contributed by atoms with van der Waals surface area (Å²) in [6, 6.07) is 0. The minimum absolute atomic E-state index is 0. The highest BCUT2D eigenvalue weighted by atomic mass is 35.5. The van der Waals surface area contributed by atoms with E-state index in [1.54, 1.807) is 0 Å². The number of hydrogen-bond acceptors (Lipinski definition) is 6. The van der Waals surface area contributed by atoms with Crippen molar-refractivity contribution in [2.75, 3.05) is 39.5 Å². The van der Waals surface area contributed by atoms with Gasteiger partial charge in [-0.15, -0.1) is 12.4 Å². The molecule has 0 aromatic carbocycles. The molecule has 0 aromatic rings. The van der Waals surface area contributed by atoms with E-state index in [9.17, 15) is 9.59 Å². The Balaban J connectivity index is 0.00000242. The third-order valence-electron chi connectivity index (χ3n) is 3.66. The number of rotatable bonds is 6. The minimum atomic E-state index is -1.16. The summed E-state index contributed by atoms with van der Waals surface area (Å²) in [6.45, 7) is 4.31. The molecule has 0 aromatic heterocycles. The van der Waals surface area contributed by atoms with Crippen LogP contribution < -0.4 is 0 Å². The van der Waals surface area contributed by atoms with E-state index in [-0.39, 0.29) is 24.8 Å². The Kier molecular flexibility index (Phi) is 7.81. The number of esters is 1. The molecule has 0 unspecified atom stereocenters. The fraction of sp³-hybridized carbons (Fsp3) is 0.714. The lowest BCUT2D eigenvalue weighted by Crippen LogP contribution is -2.45. The number of carbonyl (C=O) groups excluding carboxylic acids is 1. The average Bonchev–Trinajstić information content (AvgIpc) is 2.92. The second kappa shape index (κ2) is 9.09. The fourth-order valence-corrected chi connectivity index (χ4v) is 2.55. The third kappa shape index (κ3) is 5.92. The molecule has 0 atom stereocenters. The maximum absolute atomic E-state index is 11.1. The van der Waals surface area contributed by atoms with Crippen molar-refractivity contribution in [3.63, 3.8) is 0 Å². The SMILES string of the molecule is Cl.O=C(O)/C=C/C(=O)OCCCN1CCC2(CC1)OCCO2. The molecule has 2 rings (SSSR count). The van der Waals surface area contributed by atoms with Gasteiger partial charge in [-0.05, 0) is 6.42 Å². The van der Waals surface area contributed by atoms with Crippen LogP contribution >= 0.6 is 12.4 Å². The Morgan fingerprint density at radius 2 is 1.82 bits per heavy atom. The molecule has 1 spiro atoms. The molecular formula is C14H22ClNO6. The molecule has 0 saturated carbocycles. The van der Waals surface area contributed by atoms with Crippen molar-refractivity contribution < 1.29 is 28.9 Å². The number of likely N-dealkylation sites (tertiary alicyclic amines) is 1. The van der Waals surface area contributed by atoms with Crippen LogP contribution in [0.1, 0.15) is 19.3 Å². The Hall–Kier alpha value is -1.15. The van der Waals surface area contributed by atoms with Gasteiger partial charge in [0.05, 0.1) is 19.8 Å². The molecule has 126 valence electrons. The Bertz CT molecular complexity index is 398. The Morgan fingerprint density at radius 1 is 1.18 bits per heavy atom. The molecular weight excluding hydrogens is 314 g/mol. The van der Waals surface area contributed by atoms with Crippen LogP contribution in [0.25, 0.3) is 0 Å². The summed E-state index contributed by atoms with van der Waals surface area (Å²) >= 11 is 0. The van der Waals surface area contributed by atoms with Crippen molar-refractivity contribution in [1.82, 2.24) is 4.90 Å². The van der Waals surface area contributed by atoms with Crippen LogP contribution in [0.2, 0.25) is 0 Å². The van der Waals surface area contributed by atoms with Crippen LogP contribution in [-0.2, 0) is 23.8 Å². The molecule has 7 nitrogen and oxygen atoms in total. The van der Waals surface area contributed by atoms with E-state index in [0.717, 1.165) is 51.0 Å². The smallest absolute Gasteiger partial charge is 0.331 e. The first-order valence-corrected chi connectivity index (χ1v) is 7.18. The lowest BCUT2D eigenvalue weighted by atomic mass is 10.0. The molecule has 0 aliphatic carbocycles. The number of piperidine rings is 1. The molecule has 1 N–H and O–H groups in total. The summed E-state index contributed by atoms with van der Waals surface area (Å²) in [6.07, 6.45) is 4.15. The van der Waals surface area contributed by atoms with Gasteiger partial charge in [0.25, 0.3) is 0 Å². The molecule has 22 heavy (non-hydrogen) atoms. The normalized spacial score (nSPS) is 20.9. The molecule has 0 radical (unpaired) electrons. The van der Waals surface area contributed by atoms with Gasteiger partial charge < -0.3 is 24.2 Å². The number of carboxylic acid groups (broad SMARTS) is 1. The zero-order chi connectivity index (χ0) is 15.1. The minimum Gasteiger partial charge on any atom is -0.478 e. The topological polar surface area (TPSA) is 85.3 Å². The van der Waals surface area contributed by atoms with Crippen LogP contribution in [0.3, 0.4) is 0 Å². The van der Waals surface area contributed by atoms with Crippen LogP contribution in [0, 0.1) is 0 Å². The molecule has 2 aliphatic heterocycles. The Labute approximate surface area is 135 Å². The number of carboxylic acids is 1. The quantitative estimate of drug-likeness (QED) is 0.437. The summed E-state index contributed by atoms with van der Waals surface area (Å²) in [7, 11) is 0. The van der Waals surface area contributed by atoms with Crippen molar-refractivity contribution >= 4 is 24.3 Å². The van der Waals surface area contributed by atoms with E-state index in [4.69, 9.17) is 19.3 Å². The summed E-state index contributed by atoms with van der Waals surface area (Å²) in [4.78, 5) is 23.7. The van der Waals surface area contributed by atoms with Gasteiger partial charge in [0.15, 0.2) is 5.79 Å². The molecule has 2 saturated heterocycles. The van der Waals surface area contributed by atoms with E-state index in [2.05, 4.69) is 4.90 Å². The van der Waals surface area contributed by atoms with Crippen LogP contribution in [-0.4, -0.2) is 67.2 Å². The van der Waals surface area contributed by atoms with Crippen LogP contribution in [0.15, 0.2) is 12.2 Å². The Morgan fingerprint density at radius 3 is 2.41 bits per heavy atom. The number of ether oxygens (including phenoxy) is 3. The standard InChI is InChI=1S/C14H21NO6.ClH/c16-12(17)2-3-13(18)19-9-1-6-15-7-4-14(5-8-15)20-10-11-21-14;/h2-3H,1,4-11H2,(H,16,17);1H/b3-2+;. The van der Waals surface area contributed by atoms with E-state index >= 15 is 0 Å². The van der Waals surface area contributed by atoms with Crippen molar-refractivity contribution in [1.29, 1.82) is 0 Å². The third-order valence-corrected chi connectivity index (χ3v) is 3.66. The largest absolute Gasteiger partial charge is 0.478 e. The highest BCUT2D eigenvalue weighted by Crippen LogP contribution is 2.31. The van der Waals surface area contributed by atoms with Gasteiger partial charge in [-0.2, -0.15) is 0 Å². The molecule has 0 amide bonds. The van der Waals surface area contributed by atoms with Gasteiger partial charge in [-0.25, -0.2) is 9.59 Å². The first-order valence-electron chi connectivity index (χ1n) is 7.18. The van der Waals surface area contributed by atoms with Gasteiger partial charge in [0, 0.05) is 44.6 Å². The van der Waals surface area contributed by atoms with Gasteiger partial charge in [0.1, 0.15) is 0 Å². The second-order valence-corrected chi connectivity index (χ2v) is 5.14. The number of nitrogens with zero attached hydrogens (tertiary/aromatic N) is 1. The van der Waals surface area contributed by atoms with E-state index < -0.39 is 11.9 Å². The lowest BCUT2D eigenvalue weighted by molar-refractivity contribution is -0.185. The molecule has 2 fully saturated rings. The van der Waals surface area contributed by atoms with Crippen LogP contribution in [0.4, 0.5) is 0 Å². The predicted octanol–water partition coefficient (Wildman–Crippen LogP) is 0.821. The first-order chi connectivity index (χ1) is 10.1. The number of halogens is 1. The van der Waals surface area contributed by atoms with Gasteiger partial charge in [-0.1, -0.05) is 0 Å². The fourth-order valence-electron chi connectivity index (χ4n) is 2.55. The molecule has 8 heteroatoms. The zero-order valence-electron chi connectivity index (χ0n) is 12.4. The maximum Gasteiger partial charge on any atom is 0.331 e. The number of hydrogen-bond donors (Lipinski definition) is 1. The number of carbonyl (C=O) groups is 2. The monoisotopic (exact) mass is 335 g/mol. The van der Waals surface area contributed by atoms with Gasteiger partial charge >= 0.3 is 11.9 Å². The van der Waals surface area contributed by atoms with Crippen LogP contribution in [0.5, 0.6) is 0 Å². The van der Waals surface area contributed by atoms with Gasteiger partial charge in [-0.3, -0.25) is 0 Å². The average molecular weight is 336 g/mol. The summed E-state index contributed by atoms with van der Waals surface area (Å²) in [5.74, 6) is -2.14. The van der Waals surface area contributed by atoms with E-state index in [1.165, 1.54) is 0 Å². The van der Waals surface area contributed by atoms with Crippen molar-refractivity contribution in [3.05, 3.63) is 12.2 Å². The summed E-state index contributed by atoms with van der Waals surface area (Å²) in [5, 5.41) is 8.37. The highest BCUT2D eigenvalue weighted by Gasteiger charge is 2.39. The van der Waals surface area contributed by atoms with E-state index in [1.807, 2.05) is 0 Å². The highest BCUT2D eigenvalue weighted by molar-refractivity contribution is 5.90.